The minimum absolute atomic E-state index is 0.0961. The Morgan fingerprint density at radius 2 is 2.32 bits per heavy atom. The van der Waals surface area contributed by atoms with Crippen LogP contribution in [0.25, 0.3) is 0 Å². The monoisotopic (exact) mass is 297 g/mol. The van der Waals surface area contributed by atoms with Gasteiger partial charge in [0.15, 0.2) is 0 Å². The van der Waals surface area contributed by atoms with Crippen molar-refractivity contribution in [1.29, 1.82) is 0 Å². The number of halogens is 1. The van der Waals surface area contributed by atoms with E-state index in [-0.39, 0.29) is 5.91 Å². The quantitative estimate of drug-likeness (QED) is 0.891. The van der Waals surface area contributed by atoms with Crippen LogP contribution >= 0.6 is 22.9 Å². The number of carbonyl (C=O) groups excluding carboxylic acids is 1. The molecule has 6 heteroatoms. The third-order valence-electron chi connectivity index (χ3n) is 2.78. The van der Waals surface area contributed by atoms with Crippen LogP contribution in [0.15, 0.2) is 24.4 Å². The van der Waals surface area contributed by atoms with Crippen molar-refractivity contribution < 1.29 is 4.79 Å². The van der Waals surface area contributed by atoms with Crippen LogP contribution in [0, 0.1) is 0 Å². The predicted octanol–water partition coefficient (Wildman–Crippen LogP) is 2.78. The molecule has 0 unspecified atom stereocenters. The van der Waals surface area contributed by atoms with Crippen molar-refractivity contribution in [3.8, 4) is 0 Å². The van der Waals surface area contributed by atoms with E-state index in [1.165, 1.54) is 11.3 Å². The van der Waals surface area contributed by atoms with Gasteiger partial charge < -0.3 is 15.6 Å². The molecule has 0 spiro atoms. The van der Waals surface area contributed by atoms with E-state index in [9.17, 15) is 4.79 Å². The molecule has 2 aromatic heterocycles. The van der Waals surface area contributed by atoms with Crippen LogP contribution in [-0.2, 0) is 13.0 Å². The maximum Gasteiger partial charge on any atom is 0.267 e. The van der Waals surface area contributed by atoms with E-state index in [1.54, 1.807) is 12.3 Å². The van der Waals surface area contributed by atoms with Crippen LogP contribution in [0.3, 0.4) is 0 Å². The summed E-state index contributed by atoms with van der Waals surface area (Å²) in [6, 6.07) is 5.54. The molecule has 0 fully saturated rings. The Kier molecular flexibility index (Phi) is 4.50. The molecule has 4 nitrogen and oxygen atoms in total. The molecule has 19 heavy (non-hydrogen) atoms. The maximum absolute atomic E-state index is 12.0. The maximum atomic E-state index is 12.0. The lowest BCUT2D eigenvalue weighted by molar-refractivity contribution is 0.0945. The molecular weight excluding hydrogens is 282 g/mol. The summed E-state index contributed by atoms with van der Waals surface area (Å²) in [5.41, 5.74) is 6.91. The molecule has 0 bridgehead atoms. The molecule has 3 N–H and O–H groups in total. The number of amides is 1. The average Bonchev–Trinajstić information content (AvgIpc) is 2.95. The molecule has 0 radical (unpaired) electrons. The summed E-state index contributed by atoms with van der Waals surface area (Å²) in [6.07, 6.45) is 2.55. The molecule has 0 aliphatic carbocycles. The van der Waals surface area contributed by atoms with E-state index in [0.29, 0.717) is 17.9 Å². The van der Waals surface area contributed by atoms with Gasteiger partial charge in [-0.05, 0) is 31.5 Å². The molecule has 2 aromatic rings. The molecular formula is C13H16ClN3OS. The van der Waals surface area contributed by atoms with E-state index >= 15 is 0 Å². The van der Waals surface area contributed by atoms with Gasteiger partial charge in [0.1, 0.15) is 5.69 Å². The fourth-order valence-electron chi connectivity index (χ4n) is 1.86. The molecule has 2 heterocycles. The van der Waals surface area contributed by atoms with Crippen molar-refractivity contribution in [2.24, 2.45) is 0 Å². The van der Waals surface area contributed by atoms with E-state index in [0.717, 1.165) is 22.2 Å². The van der Waals surface area contributed by atoms with E-state index in [2.05, 4.69) is 5.32 Å². The van der Waals surface area contributed by atoms with E-state index < -0.39 is 0 Å². The first-order valence-corrected chi connectivity index (χ1v) is 7.27. The lowest BCUT2D eigenvalue weighted by Crippen LogP contribution is -2.27. The van der Waals surface area contributed by atoms with Gasteiger partial charge in [-0.25, -0.2) is 0 Å². The standard InChI is InChI=1S/C13H16ClN3OS/c1-2-17-8-9(15)7-11(17)13(18)16-6-5-10-3-4-12(14)19-10/h3-4,7-8H,2,5-6,15H2,1H3,(H,16,18). The lowest BCUT2D eigenvalue weighted by Gasteiger charge is -2.06. The first kappa shape index (κ1) is 14.0. The van der Waals surface area contributed by atoms with Gasteiger partial charge in [0.05, 0.1) is 10.0 Å². The van der Waals surface area contributed by atoms with E-state index in [4.69, 9.17) is 17.3 Å². The number of anilines is 1. The Bertz CT molecular complexity index is 576. The summed E-state index contributed by atoms with van der Waals surface area (Å²) < 4.78 is 2.61. The second-order valence-corrected chi connectivity index (χ2v) is 5.96. The van der Waals surface area contributed by atoms with Crippen molar-refractivity contribution >= 4 is 34.5 Å². The summed E-state index contributed by atoms with van der Waals surface area (Å²) in [5, 5.41) is 2.89. The summed E-state index contributed by atoms with van der Waals surface area (Å²) >= 11 is 7.39. The van der Waals surface area contributed by atoms with Crippen LogP contribution in [0.4, 0.5) is 5.69 Å². The second-order valence-electron chi connectivity index (χ2n) is 4.16. The topological polar surface area (TPSA) is 60.0 Å². The number of nitrogens with one attached hydrogen (secondary N) is 1. The Balaban J connectivity index is 1.90. The normalized spacial score (nSPS) is 10.6. The summed E-state index contributed by atoms with van der Waals surface area (Å²) in [6.45, 7) is 3.29. The number of aryl methyl sites for hydroxylation is 1. The third-order valence-corrected chi connectivity index (χ3v) is 4.07. The van der Waals surface area contributed by atoms with Crippen LogP contribution in [-0.4, -0.2) is 17.0 Å². The van der Waals surface area contributed by atoms with Crippen molar-refractivity contribution in [1.82, 2.24) is 9.88 Å². The SMILES string of the molecule is CCn1cc(N)cc1C(=O)NCCc1ccc(Cl)s1. The van der Waals surface area contributed by atoms with Crippen LogP contribution in [0.1, 0.15) is 22.3 Å². The highest BCUT2D eigenvalue weighted by atomic mass is 35.5. The van der Waals surface area contributed by atoms with Gasteiger partial charge in [-0.3, -0.25) is 4.79 Å². The zero-order chi connectivity index (χ0) is 13.8. The molecule has 0 aliphatic heterocycles. The number of nitrogens with zero attached hydrogens (tertiary/aromatic N) is 1. The van der Waals surface area contributed by atoms with Crippen molar-refractivity contribution in [2.75, 3.05) is 12.3 Å². The molecule has 0 aromatic carbocycles. The van der Waals surface area contributed by atoms with Gasteiger partial charge in [0.25, 0.3) is 5.91 Å². The van der Waals surface area contributed by atoms with Crippen molar-refractivity contribution in [3.05, 3.63) is 39.3 Å². The largest absolute Gasteiger partial charge is 0.397 e. The number of carbonyl (C=O) groups is 1. The predicted molar refractivity (Wildman–Crippen MR) is 79.9 cm³/mol. The molecule has 102 valence electrons. The molecule has 0 atom stereocenters. The molecule has 0 saturated heterocycles. The first-order valence-electron chi connectivity index (χ1n) is 6.08. The zero-order valence-electron chi connectivity index (χ0n) is 10.6. The van der Waals surface area contributed by atoms with Crippen LogP contribution < -0.4 is 11.1 Å². The first-order chi connectivity index (χ1) is 9.10. The van der Waals surface area contributed by atoms with Gasteiger partial charge >= 0.3 is 0 Å². The third kappa shape index (κ3) is 3.52. The summed E-state index contributed by atoms with van der Waals surface area (Å²) in [7, 11) is 0. The van der Waals surface area contributed by atoms with Crippen molar-refractivity contribution in [2.45, 2.75) is 19.9 Å². The van der Waals surface area contributed by atoms with Gasteiger partial charge in [0, 0.05) is 24.2 Å². The number of rotatable bonds is 5. The smallest absolute Gasteiger partial charge is 0.267 e. The Labute approximate surface area is 121 Å². The number of hydrogen-bond donors (Lipinski definition) is 2. The number of nitrogens with two attached hydrogens (primary N) is 1. The second kappa shape index (κ2) is 6.12. The lowest BCUT2D eigenvalue weighted by atomic mass is 10.3. The highest BCUT2D eigenvalue weighted by Crippen LogP contribution is 2.21. The Morgan fingerprint density at radius 1 is 1.53 bits per heavy atom. The molecule has 2 rings (SSSR count). The number of hydrogen-bond acceptors (Lipinski definition) is 3. The molecule has 0 aliphatic rings. The molecule has 0 saturated carbocycles. The Morgan fingerprint density at radius 3 is 2.95 bits per heavy atom. The fourth-order valence-corrected chi connectivity index (χ4v) is 2.95. The minimum Gasteiger partial charge on any atom is -0.397 e. The molecule has 1 amide bonds. The average molecular weight is 298 g/mol. The number of nitrogen functional groups attached to an aromatic ring is 1. The Hall–Kier alpha value is -1.46. The van der Waals surface area contributed by atoms with Gasteiger partial charge in [0.2, 0.25) is 0 Å². The number of aromatic nitrogens is 1. The van der Waals surface area contributed by atoms with Crippen LogP contribution in [0.5, 0.6) is 0 Å². The highest BCUT2D eigenvalue weighted by Gasteiger charge is 2.11. The number of thiophene rings is 1. The van der Waals surface area contributed by atoms with Gasteiger partial charge in [-0.15, -0.1) is 11.3 Å². The minimum atomic E-state index is -0.0961. The summed E-state index contributed by atoms with van der Waals surface area (Å²) in [5.74, 6) is -0.0961. The summed E-state index contributed by atoms with van der Waals surface area (Å²) in [4.78, 5) is 13.2. The zero-order valence-corrected chi connectivity index (χ0v) is 12.2. The van der Waals surface area contributed by atoms with E-state index in [1.807, 2.05) is 23.6 Å². The van der Waals surface area contributed by atoms with Gasteiger partial charge in [-0.2, -0.15) is 0 Å². The van der Waals surface area contributed by atoms with Crippen LogP contribution in [0.2, 0.25) is 4.34 Å². The van der Waals surface area contributed by atoms with Crippen molar-refractivity contribution in [3.63, 3.8) is 0 Å². The fraction of sp³-hybridized carbons (Fsp3) is 0.308. The highest BCUT2D eigenvalue weighted by molar-refractivity contribution is 7.16. The van der Waals surface area contributed by atoms with Gasteiger partial charge in [-0.1, -0.05) is 11.6 Å².